The van der Waals surface area contributed by atoms with Gasteiger partial charge in [-0.3, -0.25) is 9.69 Å². The van der Waals surface area contributed by atoms with Gasteiger partial charge in [0.1, 0.15) is 5.01 Å². The van der Waals surface area contributed by atoms with E-state index < -0.39 is 0 Å². The zero-order valence-corrected chi connectivity index (χ0v) is 18.4. The van der Waals surface area contributed by atoms with Gasteiger partial charge >= 0.3 is 0 Å². The third kappa shape index (κ3) is 5.48. The second kappa shape index (κ2) is 9.89. The molecule has 0 saturated carbocycles. The smallest absolute Gasteiger partial charge is 0.238 e. The number of likely N-dealkylation sites (N-methyl/N-ethyl adjacent to an activating group) is 1. The number of hydrogen-bond acceptors (Lipinski definition) is 5. The van der Waals surface area contributed by atoms with Crippen LogP contribution in [0.5, 0.6) is 0 Å². The van der Waals surface area contributed by atoms with Gasteiger partial charge in [0.25, 0.3) is 0 Å². The third-order valence-corrected chi connectivity index (χ3v) is 6.72. The summed E-state index contributed by atoms with van der Waals surface area (Å²) in [6.45, 7) is 0.963. The Morgan fingerprint density at radius 1 is 1.00 bits per heavy atom. The van der Waals surface area contributed by atoms with Gasteiger partial charge in [-0.2, -0.15) is 0 Å². The Kier molecular flexibility index (Phi) is 6.79. The topological polar surface area (TPSA) is 45.2 Å². The lowest BCUT2D eigenvalue weighted by molar-refractivity contribution is -0.117. The summed E-state index contributed by atoms with van der Waals surface area (Å²) in [4.78, 5) is 20.4. The van der Waals surface area contributed by atoms with Crippen LogP contribution in [-0.2, 0) is 17.1 Å². The molecule has 1 aromatic heterocycles. The van der Waals surface area contributed by atoms with Crippen molar-refractivity contribution in [2.75, 3.05) is 18.9 Å². The van der Waals surface area contributed by atoms with E-state index in [2.05, 4.69) is 28.5 Å². The zero-order valence-electron chi connectivity index (χ0n) is 16.7. The molecule has 0 aliphatic rings. The minimum Gasteiger partial charge on any atom is -0.324 e. The highest BCUT2D eigenvalue weighted by Crippen LogP contribution is 2.30. The molecule has 0 unspecified atom stereocenters. The van der Waals surface area contributed by atoms with Crippen molar-refractivity contribution < 1.29 is 4.79 Å². The highest BCUT2D eigenvalue weighted by molar-refractivity contribution is 7.98. The van der Waals surface area contributed by atoms with Gasteiger partial charge in [0, 0.05) is 10.6 Å². The Bertz CT molecular complexity index is 1090. The lowest BCUT2D eigenvalue weighted by Gasteiger charge is -2.16. The molecular formula is C24H23N3OS2. The van der Waals surface area contributed by atoms with Crippen molar-refractivity contribution in [3.05, 3.63) is 89.4 Å². The predicted molar refractivity (Wildman–Crippen MR) is 127 cm³/mol. The maximum absolute atomic E-state index is 12.6. The number of thiazole rings is 1. The van der Waals surface area contributed by atoms with Crippen LogP contribution in [0.3, 0.4) is 0 Å². The fraction of sp³-hybridized carbons (Fsp3) is 0.167. The normalized spacial score (nSPS) is 11.1. The number of carbonyl (C=O) groups is 1. The lowest BCUT2D eigenvalue weighted by Crippen LogP contribution is -2.29. The Morgan fingerprint density at radius 2 is 1.73 bits per heavy atom. The van der Waals surface area contributed by atoms with E-state index >= 15 is 0 Å². The van der Waals surface area contributed by atoms with E-state index in [1.54, 1.807) is 23.1 Å². The van der Waals surface area contributed by atoms with Crippen molar-refractivity contribution >= 4 is 44.9 Å². The molecule has 0 aliphatic carbocycles. The van der Waals surface area contributed by atoms with Crippen LogP contribution < -0.4 is 5.32 Å². The van der Waals surface area contributed by atoms with Crippen molar-refractivity contribution in [3.63, 3.8) is 0 Å². The van der Waals surface area contributed by atoms with E-state index in [1.807, 2.05) is 72.6 Å². The molecule has 0 saturated heterocycles. The fourth-order valence-electron chi connectivity index (χ4n) is 3.14. The van der Waals surface area contributed by atoms with E-state index in [4.69, 9.17) is 0 Å². The summed E-state index contributed by atoms with van der Waals surface area (Å²) in [7, 11) is 1.95. The Balaban J connectivity index is 1.34. The van der Waals surface area contributed by atoms with Crippen LogP contribution in [0.4, 0.5) is 5.69 Å². The molecule has 0 fully saturated rings. The van der Waals surface area contributed by atoms with Crippen LogP contribution >= 0.6 is 23.1 Å². The average Bonchev–Trinajstić information content (AvgIpc) is 3.15. The predicted octanol–water partition coefficient (Wildman–Crippen LogP) is 5.66. The van der Waals surface area contributed by atoms with Gasteiger partial charge in [-0.15, -0.1) is 23.1 Å². The number of carbonyl (C=O) groups excluding carboxylic acids is 1. The molecule has 4 aromatic rings. The Hall–Kier alpha value is -2.67. The van der Waals surface area contributed by atoms with Crippen LogP contribution in [-0.4, -0.2) is 29.4 Å². The van der Waals surface area contributed by atoms with Crippen molar-refractivity contribution in [1.82, 2.24) is 9.88 Å². The first-order valence-corrected chi connectivity index (χ1v) is 11.6. The van der Waals surface area contributed by atoms with E-state index in [0.717, 1.165) is 26.9 Å². The van der Waals surface area contributed by atoms with Gasteiger partial charge in [-0.25, -0.2) is 4.98 Å². The van der Waals surface area contributed by atoms with Crippen molar-refractivity contribution in [2.24, 2.45) is 0 Å². The Morgan fingerprint density at radius 3 is 2.57 bits per heavy atom. The van der Waals surface area contributed by atoms with Crippen LogP contribution in [0.2, 0.25) is 0 Å². The van der Waals surface area contributed by atoms with Gasteiger partial charge in [0.2, 0.25) is 5.91 Å². The molecule has 4 nitrogen and oxygen atoms in total. The first kappa shape index (κ1) is 20.6. The minimum absolute atomic E-state index is 0.0219. The summed E-state index contributed by atoms with van der Waals surface area (Å²) in [5, 5.41) is 4.09. The lowest BCUT2D eigenvalue weighted by atomic mass is 10.2. The first-order valence-electron chi connectivity index (χ1n) is 9.76. The van der Waals surface area contributed by atoms with E-state index in [-0.39, 0.29) is 5.91 Å². The maximum Gasteiger partial charge on any atom is 0.238 e. The van der Waals surface area contributed by atoms with Crippen LogP contribution in [0.25, 0.3) is 10.2 Å². The molecule has 30 heavy (non-hydrogen) atoms. The quantitative estimate of drug-likeness (QED) is 0.364. The van der Waals surface area contributed by atoms with Crippen LogP contribution in [0, 0.1) is 0 Å². The van der Waals surface area contributed by atoms with Gasteiger partial charge in [0.15, 0.2) is 0 Å². The van der Waals surface area contributed by atoms with E-state index in [9.17, 15) is 4.79 Å². The monoisotopic (exact) mass is 433 g/mol. The van der Waals surface area contributed by atoms with Gasteiger partial charge < -0.3 is 5.32 Å². The zero-order chi connectivity index (χ0) is 20.8. The standard InChI is InChI=1S/C24H23N3OS2/c1-27(16-24-26-20-12-6-8-14-22(20)30-24)15-23(28)25-19-11-5-7-13-21(19)29-17-18-9-3-2-4-10-18/h2-14H,15-17H2,1H3,(H,25,28). The molecule has 3 aromatic carbocycles. The van der Waals surface area contributed by atoms with Crippen LogP contribution in [0.15, 0.2) is 83.8 Å². The summed E-state index contributed by atoms with van der Waals surface area (Å²) in [6, 6.07) is 26.4. The number of aromatic nitrogens is 1. The summed E-state index contributed by atoms with van der Waals surface area (Å²) in [5.74, 6) is 0.844. The molecule has 0 radical (unpaired) electrons. The van der Waals surface area contributed by atoms with Crippen molar-refractivity contribution in [2.45, 2.75) is 17.2 Å². The molecule has 0 spiro atoms. The number of thioether (sulfide) groups is 1. The van der Waals surface area contributed by atoms with Crippen molar-refractivity contribution in [3.8, 4) is 0 Å². The molecular weight excluding hydrogens is 410 g/mol. The van der Waals surface area contributed by atoms with Gasteiger partial charge in [-0.05, 0) is 36.9 Å². The van der Waals surface area contributed by atoms with Gasteiger partial charge in [-0.1, -0.05) is 54.6 Å². The molecule has 1 amide bonds. The second-order valence-corrected chi connectivity index (χ2v) is 9.20. The minimum atomic E-state index is -0.0219. The fourth-order valence-corrected chi connectivity index (χ4v) is 5.15. The number of nitrogens with one attached hydrogen (secondary N) is 1. The highest BCUT2D eigenvalue weighted by Gasteiger charge is 2.12. The maximum atomic E-state index is 12.6. The molecule has 6 heteroatoms. The van der Waals surface area contributed by atoms with E-state index in [1.165, 1.54) is 10.3 Å². The SMILES string of the molecule is CN(CC(=O)Nc1ccccc1SCc1ccccc1)Cc1nc2ccccc2s1. The molecule has 4 rings (SSSR count). The third-order valence-electron chi connectivity index (χ3n) is 4.56. The Labute approximate surface area is 185 Å². The summed E-state index contributed by atoms with van der Waals surface area (Å²) in [5.41, 5.74) is 3.13. The molecule has 0 atom stereocenters. The summed E-state index contributed by atoms with van der Waals surface area (Å²) < 4.78 is 1.18. The number of nitrogens with zero attached hydrogens (tertiary/aromatic N) is 2. The molecule has 0 bridgehead atoms. The van der Waals surface area contributed by atoms with Crippen molar-refractivity contribution in [1.29, 1.82) is 0 Å². The second-order valence-electron chi connectivity index (χ2n) is 7.07. The van der Waals surface area contributed by atoms with Crippen LogP contribution in [0.1, 0.15) is 10.6 Å². The first-order chi connectivity index (χ1) is 14.7. The number of anilines is 1. The van der Waals surface area contributed by atoms with E-state index in [0.29, 0.717) is 13.1 Å². The molecule has 1 heterocycles. The number of amides is 1. The molecule has 1 N–H and O–H groups in total. The van der Waals surface area contributed by atoms with Gasteiger partial charge in [0.05, 0.1) is 29.0 Å². The number of benzene rings is 3. The number of rotatable bonds is 8. The summed E-state index contributed by atoms with van der Waals surface area (Å²) >= 11 is 3.41. The number of hydrogen-bond donors (Lipinski definition) is 1. The highest BCUT2D eigenvalue weighted by atomic mass is 32.2. The molecule has 0 aliphatic heterocycles. The largest absolute Gasteiger partial charge is 0.324 e. The average molecular weight is 434 g/mol. The number of para-hydroxylation sites is 2. The molecule has 152 valence electrons. The summed E-state index contributed by atoms with van der Waals surface area (Å²) in [6.07, 6.45) is 0. The number of fused-ring (bicyclic) bond motifs is 1.